The molecular weight excluding hydrogens is 202 g/mol. The predicted octanol–water partition coefficient (Wildman–Crippen LogP) is 1.21. The monoisotopic (exact) mass is 209 g/mol. The number of nitrogens with zero attached hydrogens (tertiary/aromatic N) is 2. The third-order valence-corrected chi connectivity index (χ3v) is 2.92. The third-order valence-electron chi connectivity index (χ3n) is 1.81. The molecule has 0 atom stereocenters. The van der Waals surface area contributed by atoms with Gasteiger partial charge in [0.2, 0.25) is 0 Å². The van der Waals surface area contributed by atoms with Gasteiger partial charge in [0, 0.05) is 10.8 Å². The maximum Gasteiger partial charge on any atom is 0.259 e. The fourth-order valence-electron chi connectivity index (χ4n) is 1.21. The van der Waals surface area contributed by atoms with E-state index in [4.69, 9.17) is 10.3 Å². The zero-order chi connectivity index (χ0) is 10.1. The second-order valence-corrected chi connectivity index (χ2v) is 3.65. The molecular formula is C8H7N3O2S. The summed E-state index contributed by atoms with van der Waals surface area (Å²) in [6, 6.07) is 0. The van der Waals surface area contributed by atoms with Gasteiger partial charge in [0.1, 0.15) is 4.88 Å². The SMILES string of the molecule is Cc1csc(C(N)=O)c1-c1cnno1. The van der Waals surface area contributed by atoms with Crippen molar-refractivity contribution in [2.45, 2.75) is 6.92 Å². The molecule has 0 aliphatic heterocycles. The van der Waals surface area contributed by atoms with Gasteiger partial charge in [-0.15, -0.1) is 16.4 Å². The first-order chi connectivity index (χ1) is 6.70. The van der Waals surface area contributed by atoms with Crippen molar-refractivity contribution in [3.8, 4) is 11.3 Å². The number of carbonyl (C=O) groups is 1. The van der Waals surface area contributed by atoms with Gasteiger partial charge in [-0.1, -0.05) is 0 Å². The third kappa shape index (κ3) is 1.29. The van der Waals surface area contributed by atoms with Crippen LogP contribution in [-0.4, -0.2) is 16.3 Å². The van der Waals surface area contributed by atoms with Crippen LogP contribution in [0.4, 0.5) is 0 Å². The fourth-order valence-corrected chi connectivity index (χ4v) is 2.12. The van der Waals surface area contributed by atoms with Crippen molar-refractivity contribution in [2.75, 3.05) is 0 Å². The minimum absolute atomic E-state index is 0.463. The summed E-state index contributed by atoms with van der Waals surface area (Å²) < 4.78 is 4.89. The summed E-state index contributed by atoms with van der Waals surface area (Å²) in [5, 5.41) is 8.75. The van der Waals surface area contributed by atoms with Crippen LogP contribution in [0.5, 0.6) is 0 Å². The lowest BCUT2D eigenvalue weighted by atomic mass is 10.1. The first kappa shape index (κ1) is 8.89. The van der Waals surface area contributed by atoms with Crippen LogP contribution in [-0.2, 0) is 0 Å². The second-order valence-electron chi connectivity index (χ2n) is 2.77. The van der Waals surface area contributed by atoms with Crippen LogP contribution in [0.15, 0.2) is 16.1 Å². The molecule has 0 aliphatic rings. The quantitative estimate of drug-likeness (QED) is 0.805. The number of thiophene rings is 1. The standard InChI is InChI=1S/C8H7N3O2S/c1-4-3-14-7(8(9)12)6(4)5-2-10-11-13-5/h2-3H,1H3,(H2,9,12). The lowest BCUT2D eigenvalue weighted by Crippen LogP contribution is -2.09. The van der Waals surface area contributed by atoms with Crippen molar-refractivity contribution >= 4 is 17.2 Å². The summed E-state index contributed by atoms with van der Waals surface area (Å²) in [4.78, 5) is 11.6. The summed E-state index contributed by atoms with van der Waals surface area (Å²) >= 11 is 1.29. The lowest BCUT2D eigenvalue weighted by molar-refractivity contribution is 0.100. The Kier molecular flexibility index (Phi) is 2.05. The minimum atomic E-state index is -0.463. The highest BCUT2D eigenvalue weighted by Gasteiger charge is 2.18. The highest BCUT2D eigenvalue weighted by atomic mass is 32.1. The largest absolute Gasteiger partial charge is 0.365 e. The van der Waals surface area contributed by atoms with E-state index in [1.165, 1.54) is 17.5 Å². The molecule has 2 rings (SSSR count). The van der Waals surface area contributed by atoms with Gasteiger partial charge in [0.25, 0.3) is 5.91 Å². The molecule has 14 heavy (non-hydrogen) atoms. The summed E-state index contributed by atoms with van der Waals surface area (Å²) in [5.74, 6) is 0.00653. The zero-order valence-corrected chi connectivity index (χ0v) is 8.17. The average Bonchev–Trinajstić information content (AvgIpc) is 2.71. The smallest absolute Gasteiger partial charge is 0.259 e. The van der Waals surface area contributed by atoms with Crippen molar-refractivity contribution in [3.63, 3.8) is 0 Å². The predicted molar refractivity (Wildman–Crippen MR) is 50.9 cm³/mol. The molecule has 0 spiro atoms. The van der Waals surface area contributed by atoms with Gasteiger partial charge < -0.3 is 10.3 Å². The molecule has 2 heterocycles. The Morgan fingerprint density at radius 3 is 3.00 bits per heavy atom. The summed E-state index contributed by atoms with van der Waals surface area (Å²) in [6.07, 6.45) is 1.46. The zero-order valence-electron chi connectivity index (χ0n) is 7.35. The van der Waals surface area contributed by atoms with E-state index in [2.05, 4.69) is 10.4 Å². The number of nitrogens with two attached hydrogens (primary N) is 1. The molecule has 5 nitrogen and oxygen atoms in total. The van der Waals surface area contributed by atoms with Crippen molar-refractivity contribution in [1.29, 1.82) is 0 Å². The van der Waals surface area contributed by atoms with Gasteiger partial charge in [0.05, 0.1) is 6.20 Å². The van der Waals surface area contributed by atoms with Gasteiger partial charge in [-0.25, -0.2) is 0 Å². The van der Waals surface area contributed by atoms with E-state index in [0.29, 0.717) is 16.2 Å². The topological polar surface area (TPSA) is 82.0 Å². The summed E-state index contributed by atoms with van der Waals surface area (Å²) in [6.45, 7) is 1.88. The molecule has 2 N–H and O–H groups in total. The molecule has 2 aromatic rings. The van der Waals surface area contributed by atoms with Gasteiger partial charge in [-0.05, 0) is 17.9 Å². The molecule has 0 saturated heterocycles. The van der Waals surface area contributed by atoms with E-state index in [-0.39, 0.29) is 0 Å². The van der Waals surface area contributed by atoms with Crippen LogP contribution in [0.2, 0.25) is 0 Å². The van der Waals surface area contributed by atoms with Gasteiger partial charge in [-0.3, -0.25) is 4.79 Å². The van der Waals surface area contributed by atoms with Crippen LogP contribution in [0.25, 0.3) is 11.3 Å². The number of carbonyl (C=O) groups excluding carboxylic acids is 1. The van der Waals surface area contributed by atoms with Crippen LogP contribution < -0.4 is 5.73 Å². The summed E-state index contributed by atoms with van der Waals surface area (Å²) in [7, 11) is 0. The maximum absolute atomic E-state index is 11.1. The molecule has 0 aliphatic carbocycles. The first-order valence-corrected chi connectivity index (χ1v) is 4.73. The number of aromatic nitrogens is 2. The lowest BCUT2D eigenvalue weighted by Gasteiger charge is -1.95. The number of aryl methyl sites for hydroxylation is 1. The summed E-state index contributed by atoms with van der Waals surface area (Å²) in [5.41, 5.74) is 6.84. The molecule has 6 heteroatoms. The molecule has 0 radical (unpaired) electrons. The molecule has 1 amide bonds. The second kappa shape index (κ2) is 3.22. The van der Waals surface area contributed by atoms with Crippen molar-refractivity contribution < 1.29 is 9.32 Å². The maximum atomic E-state index is 11.1. The first-order valence-electron chi connectivity index (χ1n) is 3.85. The number of rotatable bonds is 2. The van der Waals surface area contributed by atoms with Crippen LogP contribution in [0.3, 0.4) is 0 Å². The van der Waals surface area contributed by atoms with E-state index in [1.54, 1.807) is 0 Å². The van der Waals surface area contributed by atoms with Crippen LogP contribution in [0.1, 0.15) is 15.2 Å². The molecule has 2 aromatic heterocycles. The Labute approximate surface area is 83.5 Å². The molecule has 0 fully saturated rings. The Morgan fingerprint density at radius 2 is 2.43 bits per heavy atom. The van der Waals surface area contributed by atoms with Crippen molar-refractivity contribution in [3.05, 3.63) is 22.0 Å². The number of primary amides is 1. The fraction of sp³-hybridized carbons (Fsp3) is 0.125. The normalized spacial score (nSPS) is 10.4. The highest BCUT2D eigenvalue weighted by Crippen LogP contribution is 2.31. The number of amides is 1. The Hall–Kier alpha value is -1.69. The number of hydrogen-bond acceptors (Lipinski definition) is 5. The minimum Gasteiger partial charge on any atom is -0.365 e. The number of hydrogen-bond donors (Lipinski definition) is 1. The molecule has 0 unspecified atom stereocenters. The van der Waals surface area contributed by atoms with E-state index < -0.39 is 5.91 Å². The van der Waals surface area contributed by atoms with E-state index in [9.17, 15) is 4.79 Å². The molecule has 0 bridgehead atoms. The van der Waals surface area contributed by atoms with Crippen molar-refractivity contribution in [1.82, 2.24) is 10.4 Å². The Bertz CT molecular complexity index is 461. The molecule has 0 saturated carbocycles. The van der Waals surface area contributed by atoms with Crippen LogP contribution in [0, 0.1) is 6.92 Å². The van der Waals surface area contributed by atoms with Crippen LogP contribution >= 0.6 is 11.3 Å². The van der Waals surface area contributed by atoms with Gasteiger partial charge >= 0.3 is 0 Å². The van der Waals surface area contributed by atoms with E-state index in [1.807, 2.05) is 12.3 Å². The molecule has 72 valence electrons. The molecule has 0 aromatic carbocycles. The average molecular weight is 209 g/mol. The van der Waals surface area contributed by atoms with Gasteiger partial charge in [0.15, 0.2) is 5.76 Å². The van der Waals surface area contributed by atoms with E-state index in [0.717, 1.165) is 5.56 Å². The van der Waals surface area contributed by atoms with Gasteiger partial charge in [-0.2, -0.15) is 0 Å². The van der Waals surface area contributed by atoms with E-state index >= 15 is 0 Å². The van der Waals surface area contributed by atoms with Crippen molar-refractivity contribution in [2.24, 2.45) is 5.73 Å². The highest BCUT2D eigenvalue weighted by molar-refractivity contribution is 7.12. The Balaban J connectivity index is 2.62. The Morgan fingerprint density at radius 1 is 1.64 bits per heavy atom.